The molecule has 1 aromatic rings. The third-order valence-corrected chi connectivity index (χ3v) is 4.68. The molecule has 1 unspecified atom stereocenters. The lowest BCUT2D eigenvalue weighted by molar-refractivity contribution is 0.401. The van der Waals surface area contributed by atoms with Crippen LogP contribution in [0.15, 0.2) is 23.1 Å². The molecule has 0 heterocycles. The van der Waals surface area contributed by atoms with Crippen LogP contribution in [-0.2, 0) is 16.6 Å². The molecule has 0 saturated heterocycles. The fourth-order valence-electron chi connectivity index (χ4n) is 1.72. The van der Waals surface area contributed by atoms with Gasteiger partial charge >= 0.3 is 0 Å². The Labute approximate surface area is 121 Å². The second-order valence-corrected chi connectivity index (χ2v) is 6.38. The standard InChI is InChI=1S/C14H24N2O3S/c1-5-11(3)16-20(17,18)14-9-12(10-15-6-2)7-8-13(14)19-4/h7-9,11,15-16H,5-6,10H2,1-4H3. The highest BCUT2D eigenvalue weighted by molar-refractivity contribution is 7.89. The quantitative estimate of drug-likeness (QED) is 0.769. The van der Waals surface area contributed by atoms with Crippen LogP contribution >= 0.6 is 0 Å². The minimum Gasteiger partial charge on any atom is -0.495 e. The Bertz CT molecular complexity index is 529. The van der Waals surface area contributed by atoms with Crippen molar-refractivity contribution in [3.8, 4) is 5.75 Å². The molecule has 1 atom stereocenters. The van der Waals surface area contributed by atoms with E-state index in [0.717, 1.165) is 18.5 Å². The van der Waals surface area contributed by atoms with Crippen LogP contribution in [0.1, 0.15) is 32.8 Å². The average Bonchev–Trinajstić information content (AvgIpc) is 2.44. The Morgan fingerprint density at radius 3 is 2.55 bits per heavy atom. The van der Waals surface area contributed by atoms with Crippen molar-refractivity contribution < 1.29 is 13.2 Å². The van der Waals surface area contributed by atoms with E-state index in [2.05, 4.69) is 10.0 Å². The van der Waals surface area contributed by atoms with E-state index >= 15 is 0 Å². The van der Waals surface area contributed by atoms with Crippen molar-refractivity contribution in [1.82, 2.24) is 10.0 Å². The Balaban J connectivity index is 3.12. The number of hydrogen-bond donors (Lipinski definition) is 2. The number of ether oxygens (including phenoxy) is 1. The molecule has 0 aromatic heterocycles. The Morgan fingerprint density at radius 2 is 2.00 bits per heavy atom. The van der Waals surface area contributed by atoms with Crippen LogP contribution in [0, 0.1) is 0 Å². The van der Waals surface area contributed by atoms with Gasteiger partial charge in [-0.15, -0.1) is 0 Å². The molecule has 1 aromatic carbocycles. The summed E-state index contributed by atoms with van der Waals surface area (Å²) < 4.78 is 32.6. The largest absolute Gasteiger partial charge is 0.495 e. The van der Waals surface area contributed by atoms with Gasteiger partial charge in [-0.3, -0.25) is 0 Å². The van der Waals surface area contributed by atoms with Gasteiger partial charge in [-0.05, 0) is 37.6 Å². The van der Waals surface area contributed by atoms with Crippen LogP contribution in [0.2, 0.25) is 0 Å². The fourth-order valence-corrected chi connectivity index (χ4v) is 3.27. The predicted molar refractivity (Wildman–Crippen MR) is 80.4 cm³/mol. The first kappa shape index (κ1) is 16.9. The van der Waals surface area contributed by atoms with Crippen molar-refractivity contribution in [2.24, 2.45) is 0 Å². The second-order valence-electron chi connectivity index (χ2n) is 4.70. The summed E-state index contributed by atoms with van der Waals surface area (Å²) in [6, 6.07) is 5.11. The lowest BCUT2D eigenvalue weighted by Gasteiger charge is -2.15. The third-order valence-electron chi connectivity index (χ3n) is 3.07. The molecule has 0 aliphatic heterocycles. The minimum absolute atomic E-state index is 0.109. The number of hydrogen-bond acceptors (Lipinski definition) is 4. The molecule has 114 valence electrons. The van der Waals surface area contributed by atoms with Gasteiger partial charge in [0.15, 0.2) is 0 Å². The number of methoxy groups -OCH3 is 1. The second kappa shape index (κ2) is 7.61. The first-order valence-corrected chi connectivity index (χ1v) is 8.32. The Morgan fingerprint density at radius 1 is 1.30 bits per heavy atom. The SMILES string of the molecule is CCNCc1ccc(OC)c(S(=O)(=O)NC(C)CC)c1. The molecule has 0 spiro atoms. The highest BCUT2D eigenvalue weighted by atomic mass is 32.2. The molecule has 5 nitrogen and oxygen atoms in total. The molecular weight excluding hydrogens is 276 g/mol. The van der Waals surface area contributed by atoms with E-state index in [1.54, 1.807) is 12.1 Å². The number of nitrogens with one attached hydrogen (secondary N) is 2. The topological polar surface area (TPSA) is 67.4 Å². The van der Waals surface area contributed by atoms with E-state index in [-0.39, 0.29) is 10.9 Å². The maximum absolute atomic E-state index is 12.4. The third kappa shape index (κ3) is 4.47. The zero-order valence-electron chi connectivity index (χ0n) is 12.6. The fraction of sp³-hybridized carbons (Fsp3) is 0.571. The van der Waals surface area contributed by atoms with Gasteiger partial charge in [-0.1, -0.05) is 19.9 Å². The van der Waals surface area contributed by atoms with Crippen molar-refractivity contribution in [3.05, 3.63) is 23.8 Å². The molecule has 0 radical (unpaired) electrons. The van der Waals surface area contributed by atoms with Gasteiger partial charge in [-0.2, -0.15) is 0 Å². The average molecular weight is 300 g/mol. The lowest BCUT2D eigenvalue weighted by Crippen LogP contribution is -2.32. The van der Waals surface area contributed by atoms with Crippen LogP contribution < -0.4 is 14.8 Å². The van der Waals surface area contributed by atoms with E-state index in [4.69, 9.17) is 4.74 Å². The Hall–Kier alpha value is -1.11. The summed E-state index contributed by atoms with van der Waals surface area (Å²) in [5.41, 5.74) is 0.914. The summed E-state index contributed by atoms with van der Waals surface area (Å²) in [7, 11) is -2.09. The van der Waals surface area contributed by atoms with Gasteiger partial charge in [0.1, 0.15) is 10.6 Å². The van der Waals surface area contributed by atoms with Gasteiger partial charge in [0, 0.05) is 12.6 Å². The molecule has 2 N–H and O–H groups in total. The molecule has 0 amide bonds. The summed E-state index contributed by atoms with van der Waals surface area (Å²) in [5, 5.41) is 3.18. The van der Waals surface area contributed by atoms with E-state index in [1.165, 1.54) is 7.11 Å². The molecule has 0 bridgehead atoms. The molecular formula is C14H24N2O3S. The maximum atomic E-state index is 12.4. The summed E-state index contributed by atoms with van der Waals surface area (Å²) in [6.07, 6.45) is 0.735. The van der Waals surface area contributed by atoms with E-state index < -0.39 is 10.0 Å². The van der Waals surface area contributed by atoms with Gasteiger partial charge in [0.2, 0.25) is 10.0 Å². The van der Waals surface area contributed by atoms with Crippen LogP contribution in [0.3, 0.4) is 0 Å². The zero-order chi connectivity index (χ0) is 15.2. The Kier molecular flexibility index (Phi) is 6.45. The van der Waals surface area contributed by atoms with Crippen molar-refractivity contribution in [3.63, 3.8) is 0 Å². The monoisotopic (exact) mass is 300 g/mol. The molecule has 0 aliphatic carbocycles. The molecule has 0 aliphatic rings. The summed E-state index contributed by atoms with van der Waals surface area (Å²) in [4.78, 5) is 0.190. The molecule has 1 rings (SSSR count). The smallest absolute Gasteiger partial charge is 0.244 e. The number of benzene rings is 1. The minimum atomic E-state index is -3.56. The zero-order valence-corrected chi connectivity index (χ0v) is 13.4. The van der Waals surface area contributed by atoms with Crippen LogP contribution in [-0.4, -0.2) is 28.1 Å². The summed E-state index contributed by atoms with van der Waals surface area (Å²) >= 11 is 0. The normalized spacial score (nSPS) is 13.2. The molecule has 20 heavy (non-hydrogen) atoms. The van der Waals surface area contributed by atoms with Gasteiger partial charge in [0.25, 0.3) is 0 Å². The maximum Gasteiger partial charge on any atom is 0.244 e. The van der Waals surface area contributed by atoms with E-state index in [0.29, 0.717) is 12.3 Å². The van der Waals surface area contributed by atoms with Crippen molar-refractivity contribution in [1.29, 1.82) is 0 Å². The van der Waals surface area contributed by atoms with E-state index in [1.807, 2.05) is 26.8 Å². The van der Waals surface area contributed by atoms with Crippen LogP contribution in [0.4, 0.5) is 0 Å². The number of sulfonamides is 1. The lowest BCUT2D eigenvalue weighted by atomic mass is 10.2. The first-order chi connectivity index (χ1) is 9.44. The number of rotatable bonds is 8. The highest BCUT2D eigenvalue weighted by Crippen LogP contribution is 2.25. The van der Waals surface area contributed by atoms with Crippen LogP contribution in [0.5, 0.6) is 5.75 Å². The van der Waals surface area contributed by atoms with Crippen molar-refractivity contribution in [2.75, 3.05) is 13.7 Å². The highest BCUT2D eigenvalue weighted by Gasteiger charge is 2.21. The predicted octanol–water partition coefficient (Wildman–Crippen LogP) is 1.88. The van der Waals surface area contributed by atoms with E-state index in [9.17, 15) is 8.42 Å². The van der Waals surface area contributed by atoms with Gasteiger partial charge < -0.3 is 10.1 Å². The molecule has 0 fully saturated rings. The molecule has 0 saturated carbocycles. The summed E-state index contributed by atoms with van der Waals surface area (Å²) in [6.45, 7) is 7.25. The first-order valence-electron chi connectivity index (χ1n) is 6.84. The van der Waals surface area contributed by atoms with Crippen molar-refractivity contribution >= 4 is 10.0 Å². The van der Waals surface area contributed by atoms with Gasteiger partial charge in [0.05, 0.1) is 7.11 Å². The summed E-state index contributed by atoms with van der Waals surface area (Å²) in [5.74, 6) is 0.362. The van der Waals surface area contributed by atoms with Crippen molar-refractivity contribution in [2.45, 2.75) is 44.7 Å². The van der Waals surface area contributed by atoms with Gasteiger partial charge in [-0.25, -0.2) is 13.1 Å². The van der Waals surface area contributed by atoms with Crippen LogP contribution in [0.25, 0.3) is 0 Å². The molecule has 6 heteroatoms.